The molecule has 1 aliphatic rings. The van der Waals surface area contributed by atoms with Gasteiger partial charge in [-0.2, -0.15) is 0 Å². The molecule has 0 N–H and O–H groups in total. The van der Waals surface area contributed by atoms with Crippen molar-refractivity contribution >= 4 is 11.7 Å². The second-order valence-electron chi connectivity index (χ2n) is 6.26. The van der Waals surface area contributed by atoms with Gasteiger partial charge in [0.15, 0.2) is 6.61 Å². The molecule has 1 fully saturated rings. The average molecular weight is 359 g/mol. The number of carbonyl (C=O) groups excluding carboxylic acids is 1. The molecule has 26 heavy (non-hydrogen) atoms. The number of halogens is 1. The fourth-order valence-corrected chi connectivity index (χ4v) is 2.72. The number of benzene rings is 1. The van der Waals surface area contributed by atoms with Crippen molar-refractivity contribution in [2.75, 3.05) is 45.3 Å². The summed E-state index contributed by atoms with van der Waals surface area (Å²) in [7, 11) is 3.85. The van der Waals surface area contributed by atoms with Gasteiger partial charge in [-0.25, -0.2) is 9.37 Å². The van der Waals surface area contributed by atoms with Gasteiger partial charge in [-0.05, 0) is 24.3 Å². The van der Waals surface area contributed by atoms with E-state index in [4.69, 9.17) is 9.47 Å². The van der Waals surface area contributed by atoms with Crippen LogP contribution in [0.3, 0.4) is 0 Å². The van der Waals surface area contributed by atoms with E-state index in [1.54, 1.807) is 17.0 Å². The number of ether oxygens (including phenoxy) is 2. The fourth-order valence-electron chi connectivity index (χ4n) is 2.72. The molecule has 0 bridgehead atoms. The smallest absolute Gasteiger partial charge is 0.260 e. The van der Waals surface area contributed by atoms with Crippen LogP contribution in [-0.4, -0.2) is 56.2 Å². The Morgan fingerprint density at radius 3 is 2.92 bits per heavy atom. The number of rotatable bonds is 5. The van der Waals surface area contributed by atoms with Crippen LogP contribution >= 0.6 is 0 Å². The minimum absolute atomic E-state index is 0.138. The standard InChI is InChI=1S/C19H22FN3O3/c1-22(2)18-8-4-7-16(21-18)17-12-23(9-10-25-17)19(24)13-26-15-6-3-5-14(20)11-15/h3-8,11,17H,9-10,12-13H2,1-2H3/t17-/m0/s1. The number of hydrogen-bond donors (Lipinski definition) is 0. The Morgan fingerprint density at radius 1 is 1.35 bits per heavy atom. The third-order valence-corrected chi connectivity index (χ3v) is 4.12. The van der Waals surface area contributed by atoms with Gasteiger partial charge >= 0.3 is 0 Å². The molecule has 0 radical (unpaired) electrons. The summed E-state index contributed by atoms with van der Waals surface area (Å²) < 4.78 is 24.4. The van der Waals surface area contributed by atoms with E-state index in [-0.39, 0.29) is 18.6 Å². The highest BCUT2D eigenvalue weighted by Crippen LogP contribution is 2.22. The van der Waals surface area contributed by atoms with E-state index in [1.807, 2.05) is 37.2 Å². The molecule has 0 spiro atoms. The molecule has 0 unspecified atom stereocenters. The number of carbonyl (C=O) groups is 1. The second kappa shape index (κ2) is 8.14. The van der Waals surface area contributed by atoms with E-state index >= 15 is 0 Å². The van der Waals surface area contributed by atoms with Crippen molar-refractivity contribution in [3.05, 3.63) is 54.0 Å². The van der Waals surface area contributed by atoms with Crippen LogP contribution in [0.15, 0.2) is 42.5 Å². The van der Waals surface area contributed by atoms with Gasteiger partial charge in [0.1, 0.15) is 23.5 Å². The lowest BCUT2D eigenvalue weighted by Gasteiger charge is -2.32. The van der Waals surface area contributed by atoms with Crippen molar-refractivity contribution in [3.63, 3.8) is 0 Å². The van der Waals surface area contributed by atoms with Crippen LogP contribution in [0, 0.1) is 5.82 Å². The summed E-state index contributed by atoms with van der Waals surface area (Å²) in [5.74, 6) is 0.618. The molecule has 1 saturated heterocycles. The van der Waals surface area contributed by atoms with Crippen LogP contribution in [0.5, 0.6) is 5.75 Å². The first-order chi connectivity index (χ1) is 12.5. The first kappa shape index (κ1) is 18.1. The van der Waals surface area contributed by atoms with Crippen molar-refractivity contribution in [3.8, 4) is 5.75 Å². The van der Waals surface area contributed by atoms with Crippen LogP contribution < -0.4 is 9.64 Å². The van der Waals surface area contributed by atoms with Crippen molar-refractivity contribution in [2.45, 2.75) is 6.10 Å². The molecule has 1 amide bonds. The van der Waals surface area contributed by atoms with Crippen molar-refractivity contribution in [1.82, 2.24) is 9.88 Å². The van der Waals surface area contributed by atoms with E-state index < -0.39 is 5.82 Å². The van der Waals surface area contributed by atoms with E-state index in [0.717, 1.165) is 11.5 Å². The molecule has 1 aromatic heterocycles. The molecule has 2 aromatic rings. The van der Waals surface area contributed by atoms with Gasteiger partial charge in [0.05, 0.1) is 18.8 Å². The van der Waals surface area contributed by atoms with Crippen LogP contribution in [-0.2, 0) is 9.53 Å². The van der Waals surface area contributed by atoms with E-state index in [2.05, 4.69) is 4.98 Å². The summed E-state index contributed by atoms with van der Waals surface area (Å²) >= 11 is 0. The summed E-state index contributed by atoms with van der Waals surface area (Å²) in [6.07, 6.45) is -0.276. The molecule has 2 heterocycles. The predicted octanol–water partition coefficient (Wildman–Crippen LogP) is 2.27. The maximum absolute atomic E-state index is 13.2. The molecule has 6 nitrogen and oxygen atoms in total. The van der Waals surface area contributed by atoms with Crippen LogP contribution in [0.4, 0.5) is 10.2 Å². The van der Waals surface area contributed by atoms with Crippen LogP contribution in [0.2, 0.25) is 0 Å². The third kappa shape index (κ3) is 4.49. The maximum atomic E-state index is 13.2. The number of aromatic nitrogens is 1. The topological polar surface area (TPSA) is 54.9 Å². The van der Waals surface area contributed by atoms with Gasteiger partial charge in [0.25, 0.3) is 5.91 Å². The first-order valence-corrected chi connectivity index (χ1v) is 8.45. The zero-order chi connectivity index (χ0) is 18.5. The highest BCUT2D eigenvalue weighted by atomic mass is 19.1. The van der Waals surface area contributed by atoms with Gasteiger partial charge in [0.2, 0.25) is 0 Å². The number of nitrogens with zero attached hydrogens (tertiary/aromatic N) is 3. The summed E-state index contributed by atoms with van der Waals surface area (Å²) in [6, 6.07) is 11.5. The van der Waals surface area contributed by atoms with E-state index in [9.17, 15) is 9.18 Å². The van der Waals surface area contributed by atoms with Gasteiger partial charge in [-0.15, -0.1) is 0 Å². The van der Waals surface area contributed by atoms with Crippen LogP contribution in [0.25, 0.3) is 0 Å². The Morgan fingerprint density at radius 2 is 2.15 bits per heavy atom. The highest BCUT2D eigenvalue weighted by molar-refractivity contribution is 5.78. The second-order valence-corrected chi connectivity index (χ2v) is 6.26. The normalized spacial score (nSPS) is 17.0. The molecule has 0 saturated carbocycles. The Kier molecular flexibility index (Phi) is 5.68. The highest BCUT2D eigenvalue weighted by Gasteiger charge is 2.26. The predicted molar refractivity (Wildman–Crippen MR) is 95.7 cm³/mol. The number of morpholine rings is 1. The van der Waals surface area contributed by atoms with Gasteiger partial charge in [-0.3, -0.25) is 4.79 Å². The van der Waals surface area contributed by atoms with E-state index in [0.29, 0.717) is 25.4 Å². The maximum Gasteiger partial charge on any atom is 0.260 e. The molecule has 3 rings (SSSR count). The van der Waals surface area contributed by atoms with Crippen LogP contribution in [0.1, 0.15) is 11.8 Å². The lowest BCUT2D eigenvalue weighted by Crippen LogP contribution is -2.44. The number of hydrogen-bond acceptors (Lipinski definition) is 5. The molecular weight excluding hydrogens is 337 g/mol. The number of anilines is 1. The van der Waals surface area contributed by atoms with Gasteiger partial charge in [-0.1, -0.05) is 12.1 Å². The number of pyridine rings is 1. The average Bonchev–Trinajstić information content (AvgIpc) is 2.66. The van der Waals surface area contributed by atoms with Gasteiger partial charge < -0.3 is 19.3 Å². The van der Waals surface area contributed by atoms with Gasteiger partial charge in [0, 0.05) is 26.7 Å². The summed E-state index contributed by atoms with van der Waals surface area (Å²) in [5, 5.41) is 0. The minimum Gasteiger partial charge on any atom is -0.484 e. The molecule has 138 valence electrons. The SMILES string of the molecule is CN(C)c1cccc([C@@H]2CN(C(=O)COc3cccc(F)c3)CCO2)n1. The summed E-state index contributed by atoms with van der Waals surface area (Å²) in [5.41, 5.74) is 0.791. The minimum atomic E-state index is -0.395. The third-order valence-electron chi connectivity index (χ3n) is 4.12. The molecular formula is C19H22FN3O3. The monoisotopic (exact) mass is 359 g/mol. The van der Waals surface area contributed by atoms with Crippen molar-refractivity contribution in [2.24, 2.45) is 0 Å². The van der Waals surface area contributed by atoms with E-state index in [1.165, 1.54) is 12.1 Å². The lowest BCUT2D eigenvalue weighted by molar-refractivity contribution is -0.141. The lowest BCUT2D eigenvalue weighted by atomic mass is 10.2. The molecule has 7 heteroatoms. The molecule has 0 aliphatic carbocycles. The Hall–Kier alpha value is -2.67. The Balaban J connectivity index is 1.61. The summed E-state index contributed by atoms with van der Waals surface area (Å²) in [4.78, 5) is 20.6. The molecule has 1 aromatic carbocycles. The van der Waals surface area contributed by atoms with Crippen molar-refractivity contribution < 1.29 is 18.7 Å². The Labute approximate surface area is 152 Å². The zero-order valence-corrected chi connectivity index (χ0v) is 14.9. The van der Waals surface area contributed by atoms with Crippen molar-refractivity contribution in [1.29, 1.82) is 0 Å². The Bertz CT molecular complexity index is 769. The fraction of sp³-hybridized carbons (Fsp3) is 0.368. The molecule has 1 aliphatic heterocycles. The first-order valence-electron chi connectivity index (χ1n) is 8.45. The quantitative estimate of drug-likeness (QED) is 0.820. The molecule has 1 atom stereocenters. The largest absolute Gasteiger partial charge is 0.484 e. The zero-order valence-electron chi connectivity index (χ0n) is 14.9. The number of amides is 1. The summed E-state index contributed by atoms with van der Waals surface area (Å²) in [6.45, 7) is 1.20.